The van der Waals surface area contributed by atoms with Crippen molar-refractivity contribution in [3.05, 3.63) is 69.5 Å². The minimum absolute atomic E-state index is 0.0356. The molecule has 2 aromatic carbocycles. The molecule has 0 unspecified atom stereocenters. The number of hydrogen-bond acceptors (Lipinski definition) is 8. The van der Waals surface area contributed by atoms with Crippen molar-refractivity contribution >= 4 is 50.9 Å². The van der Waals surface area contributed by atoms with Gasteiger partial charge in [0.15, 0.2) is 10.9 Å². The number of aromatic nitrogens is 4. The molecule has 10 nitrogen and oxygen atoms in total. The minimum Gasteiger partial charge on any atom is -0.332 e. The first-order valence-corrected chi connectivity index (χ1v) is 10.2. The van der Waals surface area contributed by atoms with Crippen molar-refractivity contribution in [2.45, 2.75) is 13.8 Å². The molecular weight excluding hydrogens is 438 g/mol. The predicted octanol–water partition coefficient (Wildman–Crippen LogP) is 3.50. The van der Waals surface area contributed by atoms with Crippen LogP contribution in [0.5, 0.6) is 0 Å². The van der Waals surface area contributed by atoms with Crippen LogP contribution in [0.1, 0.15) is 21.7 Å². The van der Waals surface area contributed by atoms with Crippen LogP contribution in [0.25, 0.3) is 15.5 Å². The largest absolute Gasteiger partial charge is 0.332 e. The fourth-order valence-electron chi connectivity index (χ4n) is 2.92. The summed E-state index contributed by atoms with van der Waals surface area (Å²) >= 11 is 6.64. The highest BCUT2D eigenvalue weighted by atomic mass is 32.1. The van der Waals surface area contributed by atoms with E-state index in [9.17, 15) is 14.9 Å². The molecule has 0 fully saturated rings. The fraction of sp³-hybridized carbons (Fsp3) is 0.105. The molecule has 0 bridgehead atoms. The van der Waals surface area contributed by atoms with Gasteiger partial charge in [-0.15, -0.1) is 10.2 Å². The highest BCUT2D eigenvalue weighted by Gasteiger charge is 2.20. The van der Waals surface area contributed by atoms with E-state index in [-0.39, 0.29) is 16.4 Å². The van der Waals surface area contributed by atoms with Gasteiger partial charge >= 0.3 is 0 Å². The second-order valence-electron chi connectivity index (χ2n) is 6.56. The molecule has 12 heteroatoms. The number of carbonyl (C=O) groups is 1. The fourth-order valence-corrected chi connectivity index (χ4v) is 4.00. The summed E-state index contributed by atoms with van der Waals surface area (Å²) < 4.78 is 1.69. The van der Waals surface area contributed by atoms with E-state index in [1.54, 1.807) is 10.6 Å². The molecule has 0 saturated heterocycles. The van der Waals surface area contributed by atoms with Gasteiger partial charge in [0.25, 0.3) is 11.6 Å². The van der Waals surface area contributed by atoms with Gasteiger partial charge in [0.1, 0.15) is 10.6 Å². The van der Waals surface area contributed by atoms with Gasteiger partial charge < -0.3 is 5.32 Å². The van der Waals surface area contributed by atoms with E-state index in [2.05, 4.69) is 25.9 Å². The lowest BCUT2D eigenvalue weighted by atomic mass is 10.1. The summed E-state index contributed by atoms with van der Waals surface area (Å²) in [5, 5.41) is 30.0. The van der Waals surface area contributed by atoms with Crippen molar-refractivity contribution in [3.63, 3.8) is 0 Å². The van der Waals surface area contributed by atoms with Crippen LogP contribution in [-0.2, 0) is 0 Å². The lowest BCUT2D eigenvalue weighted by Gasteiger charge is -2.12. The molecule has 2 heterocycles. The number of thiocarbonyl (C=S) groups is 1. The van der Waals surface area contributed by atoms with Gasteiger partial charge in [-0.3, -0.25) is 20.2 Å². The van der Waals surface area contributed by atoms with E-state index in [0.717, 1.165) is 16.1 Å². The van der Waals surface area contributed by atoms with Crippen molar-refractivity contribution < 1.29 is 9.72 Å². The summed E-state index contributed by atoms with van der Waals surface area (Å²) in [6, 6.07) is 11.3. The smallest absolute Gasteiger partial charge is 0.282 e. The van der Waals surface area contributed by atoms with Crippen LogP contribution < -0.4 is 10.6 Å². The van der Waals surface area contributed by atoms with E-state index in [1.807, 2.05) is 32.0 Å². The molecule has 2 aromatic heterocycles. The number of benzene rings is 2. The normalized spacial score (nSPS) is 10.8. The number of para-hydroxylation sites is 1. The van der Waals surface area contributed by atoms with E-state index in [4.69, 9.17) is 12.2 Å². The average molecular weight is 454 g/mol. The SMILES string of the molecule is Cc1cc(-c2nn3c(C)nnc3s2)ccc1NC(=S)NC(=O)c1ccccc1[N+](=O)[O-]. The third kappa shape index (κ3) is 4.11. The summed E-state index contributed by atoms with van der Waals surface area (Å²) in [5.74, 6) is 0.0569. The molecule has 156 valence electrons. The molecule has 0 atom stereocenters. The van der Waals surface area contributed by atoms with Gasteiger partial charge in [0, 0.05) is 17.3 Å². The van der Waals surface area contributed by atoms with Gasteiger partial charge in [0.05, 0.1) is 4.92 Å². The zero-order chi connectivity index (χ0) is 22.1. The molecule has 0 aliphatic rings. The Hall–Kier alpha value is -3.77. The number of hydrogen-bond donors (Lipinski definition) is 2. The number of nitrogens with zero attached hydrogens (tertiary/aromatic N) is 5. The minimum atomic E-state index is -0.658. The molecule has 0 spiro atoms. The van der Waals surface area contributed by atoms with Gasteiger partial charge in [0.2, 0.25) is 4.96 Å². The van der Waals surface area contributed by atoms with Crippen molar-refractivity contribution in [3.8, 4) is 10.6 Å². The Balaban J connectivity index is 1.48. The molecular formula is C19H15N7O3S2. The molecule has 31 heavy (non-hydrogen) atoms. The zero-order valence-electron chi connectivity index (χ0n) is 16.3. The molecule has 4 aromatic rings. The first kappa shape index (κ1) is 20.5. The van der Waals surface area contributed by atoms with Crippen molar-refractivity contribution in [1.29, 1.82) is 0 Å². The van der Waals surface area contributed by atoms with Crippen LogP contribution in [0, 0.1) is 24.0 Å². The van der Waals surface area contributed by atoms with Crippen molar-refractivity contribution in [1.82, 2.24) is 25.1 Å². The van der Waals surface area contributed by atoms with Gasteiger partial charge in [-0.25, -0.2) is 0 Å². The van der Waals surface area contributed by atoms with E-state index in [1.165, 1.54) is 29.5 Å². The summed E-state index contributed by atoms with van der Waals surface area (Å²) in [4.78, 5) is 23.6. The standard InChI is InChI=1S/C19H15N7O3S2/c1-10-9-12(17-24-25-11(2)22-23-19(25)31-17)7-8-14(10)20-18(30)21-16(27)13-5-3-4-6-15(13)26(28)29/h3-9H,1-2H3,(H2,20,21,27,30). The summed E-state index contributed by atoms with van der Waals surface area (Å²) in [6.45, 7) is 3.73. The molecule has 1 amide bonds. The van der Waals surface area contributed by atoms with Crippen LogP contribution in [0.3, 0.4) is 0 Å². The molecule has 2 N–H and O–H groups in total. The third-order valence-electron chi connectivity index (χ3n) is 4.44. The first-order valence-electron chi connectivity index (χ1n) is 8.99. The van der Waals surface area contributed by atoms with Crippen molar-refractivity contribution in [2.24, 2.45) is 0 Å². The topological polar surface area (TPSA) is 127 Å². The second-order valence-corrected chi connectivity index (χ2v) is 7.93. The molecule has 0 aliphatic heterocycles. The Morgan fingerprint density at radius 1 is 1.19 bits per heavy atom. The van der Waals surface area contributed by atoms with Crippen LogP contribution >= 0.6 is 23.6 Å². The zero-order valence-corrected chi connectivity index (χ0v) is 18.0. The van der Waals surface area contributed by atoms with Crippen LogP contribution in [-0.4, -0.2) is 35.8 Å². The number of carbonyl (C=O) groups excluding carboxylic acids is 1. The lowest BCUT2D eigenvalue weighted by Crippen LogP contribution is -2.34. The predicted molar refractivity (Wildman–Crippen MR) is 120 cm³/mol. The number of nitrogens with one attached hydrogen (secondary N) is 2. The van der Waals surface area contributed by atoms with Gasteiger partial charge in [-0.05, 0) is 55.9 Å². The summed E-state index contributed by atoms with van der Waals surface area (Å²) in [5.41, 5.74) is 2.12. The Morgan fingerprint density at radius 3 is 2.68 bits per heavy atom. The lowest BCUT2D eigenvalue weighted by molar-refractivity contribution is -0.385. The maximum atomic E-state index is 12.4. The number of nitro benzene ring substituents is 1. The number of aryl methyl sites for hydroxylation is 2. The third-order valence-corrected chi connectivity index (χ3v) is 5.59. The van der Waals surface area contributed by atoms with Crippen LogP contribution in [0.2, 0.25) is 0 Å². The van der Waals surface area contributed by atoms with Gasteiger partial charge in [-0.1, -0.05) is 23.5 Å². The van der Waals surface area contributed by atoms with Crippen LogP contribution in [0.4, 0.5) is 11.4 Å². The Labute approximate surface area is 185 Å². The number of rotatable bonds is 4. The molecule has 0 aliphatic carbocycles. The second kappa shape index (κ2) is 8.16. The number of nitro groups is 1. The molecule has 4 rings (SSSR count). The number of anilines is 1. The highest BCUT2D eigenvalue weighted by Crippen LogP contribution is 2.28. The Bertz CT molecular complexity index is 1350. The van der Waals surface area contributed by atoms with Crippen LogP contribution in [0.15, 0.2) is 42.5 Å². The van der Waals surface area contributed by atoms with Crippen molar-refractivity contribution in [2.75, 3.05) is 5.32 Å². The molecule has 0 radical (unpaired) electrons. The van der Waals surface area contributed by atoms with E-state index in [0.29, 0.717) is 16.5 Å². The monoisotopic (exact) mass is 453 g/mol. The quantitative estimate of drug-likeness (QED) is 0.273. The van der Waals surface area contributed by atoms with E-state index >= 15 is 0 Å². The number of fused-ring (bicyclic) bond motifs is 1. The maximum absolute atomic E-state index is 12.4. The Morgan fingerprint density at radius 2 is 1.97 bits per heavy atom. The number of amides is 1. The van der Waals surface area contributed by atoms with Gasteiger partial charge in [-0.2, -0.15) is 9.61 Å². The van der Waals surface area contributed by atoms with E-state index < -0.39 is 10.8 Å². The Kier molecular flexibility index (Phi) is 5.40. The first-order chi connectivity index (χ1) is 14.8. The average Bonchev–Trinajstić information content (AvgIpc) is 3.31. The molecule has 0 saturated carbocycles. The maximum Gasteiger partial charge on any atom is 0.282 e. The summed E-state index contributed by atoms with van der Waals surface area (Å²) in [6.07, 6.45) is 0. The highest BCUT2D eigenvalue weighted by molar-refractivity contribution is 7.80. The summed E-state index contributed by atoms with van der Waals surface area (Å²) in [7, 11) is 0.